The van der Waals surface area contributed by atoms with Gasteiger partial charge in [0.2, 0.25) is 0 Å². The van der Waals surface area contributed by atoms with Crippen LogP contribution in [0.15, 0.2) is 24.3 Å². The van der Waals surface area contributed by atoms with Crippen LogP contribution in [0.5, 0.6) is 0 Å². The Morgan fingerprint density at radius 2 is 2.12 bits per heavy atom. The van der Waals surface area contributed by atoms with Gasteiger partial charge < -0.3 is 19.5 Å². The summed E-state index contributed by atoms with van der Waals surface area (Å²) >= 11 is 0. The molecular weight excluding hydrogens is 306 g/mol. The first kappa shape index (κ1) is 16.8. The third-order valence-corrected chi connectivity index (χ3v) is 4.80. The van der Waals surface area contributed by atoms with Gasteiger partial charge >= 0.3 is 6.09 Å². The highest BCUT2D eigenvalue weighted by Gasteiger charge is 2.49. The van der Waals surface area contributed by atoms with Crippen molar-refractivity contribution in [3.63, 3.8) is 0 Å². The average Bonchev–Trinajstić information content (AvgIpc) is 2.90. The number of ether oxygens (including phenoxy) is 2. The third kappa shape index (κ3) is 3.55. The molecular formula is C19H23NO4. The molecule has 0 saturated carbocycles. The van der Waals surface area contributed by atoms with Crippen LogP contribution in [0.25, 0.3) is 0 Å². The van der Waals surface area contributed by atoms with E-state index in [9.17, 15) is 9.90 Å². The zero-order valence-corrected chi connectivity index (χ0v) is 14.2. The predicted octanol–water partition coefficient (Wildman–Crippen LogP) is 2.10. The minimum atomic E-state index is -1.13. The number of aryl methyl sites for hydroxylation is 1. The van der Waals surface area contributed by atoms with Crippen molar-refractivity contribution in [1.29, 1.82) is 0 Å². The van der Waals surface area contributed by atoms with Gasteiger partial charge in [-0.05, 0) is 37.5 Å². The molecule has 24 heavy (non-hydrogen) atoms. The van der Waals surface area contributed by atoms with E-state index in [4.69, 9.17) is 9.47 Å². The normalized spacial score (nSPS) is 25.2. The van der Waals surface area contributed by atoms with Crippen molar-refractivity contribution >= 4 is 6.09 Å². The Bertz CT molecular complexity index is 682. The van der Waals surface area contributed by atoms with Gasteiger partial charge in [-0.2, -0.15) is 0 Å². The average molecular weight is 329 g/mol. The lowest BCUT2D eigenvalue weighted by Gasteiger charge is -2.37. The number of benzene rings is 1. The SMILES string of the molecule is COC(=O)N1CCC2(CC1)CC(O)(C#Cc1cccc(C)c1)CO2. The van der Waals surface area contributed by atoms with E-state index >= 15 is 0 Å². The number of carbonyl (C=O) groups is 1. The Morgan fingerprint density at radius 3 is 2.79 bits per heavy atom. The summed E-state index contributed by atoms with van der Waals surface area (Å²) in [6.45, 7) is 3.38. The van der Waals surface area contributed by atoms with E-state index in [1.807, 2.05) is 31.2 Å². The fourth-order valence-electron chi connectivity index (χ4n) is 3.45. The van der Waals surface area contributed by atoms with E-state index < -0.39 is 5.60 Å². The van der Waals surface area contributed by atoms with Crippen LogP contribution in [-0.4, -0.2) is 54.1 Å². The molecule has 5 heteroatoms. The third-order valence-electron chi connectivity index (χ3n) is 4.80. The topological polar surface area (TPSA) is 59.0 Å². The fourth-order valence-corrected chi connectivity index (χ4v) is 3.45. The molecule has 1 aromatic rings. The van der Waals surface area contributed by atoms with E-state index in [1.165, 1.54) is 7.11 Å². The number of amides is 1. The second-order valence-electron chi connectivity index (χ2n) is 6.76. The van der Waals surface area contributed by atoms with Gasteiger partial charge in [0, 0.05) is 25.1 Å². The largest absolute Gasteiger partial charge is 0.453 e. The van der Waals surface area contributed by atoms with Crippen molar-refractivity contribution in [1.82, 2.24) is 4.90 Å². The highest BCUT2D eigenvalue weighted by atomic mass is 16.5. The molecule has 5 nitrogen and oxygen atoms in total. The molecule has 0 radical (unpaired) electrons. The van der Waals surface area contributed by atoms with Crippen molar-refractivity contribution in [3.8, 4) is 11.8 Å². The monoisotopic (exact) mass is 329 g/mol. The molecule has 0 aliphatic carbocycles. The lowest BCUT2D eigenvalue weighted by molar-refractivity contribution is -0.0424. The summed E-state index contributed by atoms with van der Waals surface area (Å²) in [4.78, 5) is 13.2. The smallest absolute Gasteiger partial charge is 0.409 e. The van der Waals surface area contributed by atoms with Crippen molar-refractivity contribution < 1.29 is 19.4 Å². The molecule has 2 saturated heterocycles. The zero-order valence-electron chi connectivity index (χ0n) is 14.2. The Kier molecular flexibility index (Phi) is 4.53. The zero-order chi connectivity index (χ0) is 17.2. The first-order chi connectivity index (χ1) is 11.4. The van der Waals surface area contributed by atoms with Crippen LogP contribution in [0, 0.1) is 18.8 Å². The maximum absolute atomic E-state index is 11.6. The summed E-state index contributed by atoms with van der Waals surface area (Å²) in [5.41, 5.74) is 0.519. The second kappa shape index (κ2) is 6.46. The van der Waals surface area contributed by atoms with Gasteiger partial charge in [0.05, 0.1) is 19.3 Å². The van der Waals surface area contributed by atoms with Crippen LogP contribution in [-0.2, 0) is 9.47 Å². The van der Waals surface area contributed by atoms with E-state index in [0.717, 1.165) is 11.1 Å². The molecule has 3 rings (SSSR count). The summed E-state index contributed by atoms with van der Waals surface area (Å²) in [6.07, 6.45) is 1.55. The molecule has 2 aliphatic heterocycles. The highest BCUT2D eigenvalue weighted by Crippen LogP contribution is 2.40. The van der Waals surface area contributed by atoms with Gasteiger partial charge in [-0.15, -0.1) is 0 Å². The van der Waals surface area contributed by atoms with Crippen LogP contribution in [0.4, 0.5) is 4.79 Å². The lowest BCUT2D eigenvalue weighted by Crippen LogP contribution is -2.47. The number of hydrogen-bond donors (Lipinski definition) is 1. The number of piperidine rings is 1. The lowest BCUT2D eigenvalue weighted by atomic mass is 9.84. The molecule has 128 valence electrons. The molecule has 1 amide bonds. The van der Waals surface area contributed by atoms with Crippen molar-refractivity contribution in [2.75, 3.05) is 26.8 Å². The maximum Gasteiger partial charge on any atom is 0.409 e. The van der Waals surface area contributed by atoms with E-state index in [2.05, 4.69) is 11.8 Å². The second-order valence-corrected chi connectivity index (χ2v) is 6.76. The fraction of sp³-hybridized carbons (Fsp3) is 0.526. The Labute approximate surface area is 142 Å². The number of methoxy groups -OCH3 is 1. The Balaban J connectivity index is 1.66. The van der Waals surface area contributed by atoms with Gasteiger partial charge in [-0.25, -0.2) is 4.79 Å². The van der Waals surface area contributed by atoms with Crippen molar-refractivity contribution in [3.05, 3.63) is 35.4 Å². The van der Waals surface area contributed by atoms with Gasteiger partial charge in [0.25, 0.3) is 0 Å². The summed E-state index contributed by atoms with van der Waals surface area (Å²) in [6, 6.07) is 7.90. The van der Waals surface area contributed by atoms with E-state index in [0.29, 0.717) is 32.4 Å². The number of aliphatic hydroxyl groups is 1. The van der Waals surface area contributed by atoms with E-state index in [-0.39, 0.29) is 18.3 Å². The summed E-state index contributed by atoms with van der Waals surface area (Å²) in [7, 11) is 1.39. The van der Waals surface area contributed by atoms with Crippen LogP contribution < -0.4 is 0 Å². The highest BCUT2D eigenvalue weighted by molar-refractivity contribution is 5.67. The van der Waals surface area contributed by atoms with Crippen molar-refractivity contribution in [2.24, 2.45) is 0 Å². The first-order valence-corrected chi connectivity index (χ1v) is 8.23. The quantitative estimate of drug-likeness (QED) is 0.741. The number of carbonyl (C=O) groups excluding carboxylic acids is 1. The number of nitrogens with zero attached hydrogens (tertiary/aromatic N) is 1. The molecule has 0 bridgehead atoms. The van der Waals surface area contributed by atoms with Gasteiger partial charge in [-0.1, -0.05) is 24.0 Å². The maximum atomic E-state index is 11.6. The van der Waals surface area contributed by atoms with Crippen LogP contribution >= 0.6 is 0 Å². The Morgan fingerprint density at radius 1 is 1.38 bits per heavy atom. The number of rotatable bonds is 0. The summed E-state index contributed by atoms with van der Waals surface area (Å²) in [5, 5.41) is 10.8. The molecule has 1 atom stereocenters. The number of likely N-dealkylation sites (tertiary alicyclic amines) is 1. The van der Waals surface area contributed by atoms with Crippen LogP contribution in [0.2, 0.25) is 0 Å². The summed E-state index contributed by atoms with van der Waals surface area (Å²) in [5.74, 6) is 6.06. The van der Waals surface area contributed by atoms with Gasteiger partial charge in [0.1, 0.15) is 0 Å². The Hall–Kier alpha value is -2.03. The van der Waals surface area contributed by atoms with E-state index in [1.54, 1.807) is 4.90 Å². The molecule has 1 spiro atoms. The van der Waals surface area contributed by atoms with Crippen LogP contribution in [0.1, 0.15) is 30.4 Å². The van der Waals surface area contributed by atoms with Crippen molar-refractivity contribution in [2.45, 2.75) is 37.4 Å². The molecule has 2 fully saturated rings. The molecule has 1 aromatic carbocycles. The number of hydrogen-bond acceptors (Lipinski definition) is 4. The minimum absolute atomic E-state index is 0.212. The standard InChI is InChI=1S/C19H23NO4/c1-15-4-3-5-16(12-15)6-7-18(22)13-19(24-14-18)8-10-20(11-9-19)17(21)23-2/h3-5,12,22H,8-11,13-14H2,1-2H3. The summed E-state index contributed by atoms with van der Waals surface area (Å²) < 4.78 is 10.7. The minimum Gasteiger partial charge on any atom is -0.453 e. The molecule has 1 unspecified atom stereocenters. The first-order valence-electron chi connectivity index (χ1n) is 8.23. The molecule has 2 heterocycles. The molecule has 0 aromatic heterocycles. The van der Waals surface area contributed by atoms with Crippen LogP contribution in [0.3, 0.4) is 0 Å². The predicted molar refractivity (Wildman–Crippen MR) is 89.5 cm³/mol. The van der Waals surface area contributed by atoms with Gasteiger partial charge in [-0.3, -0.25) is 0 Å². The molecule has 2 aliphatic rings. The van der Waals surface area contributed by atoms with Gasteiger partial charge in [0.15, 0.2) is 5.60 Å². The molecule has 1 N–H and O–H groups in total.